The second-order valence-corrected chi connectivity index (χ2v) is 9.83. The Morgan fingerprint density at radius 1 is 0.950 bits per heavy atom. The number of carbonyl (C=O) groups excluding carboxylic acids is 1. The predicted octanol–water partition coefficient (Wildman–Crippen LogP) is 5.66. The van der Waals surface area contributed by atoms with Gasteiger partial charge in [-0.2, -0.15) is 0 Å². The van der Waals surface area contributed by atoms with E-state index in [0.29, 0.717) is 46.9 Å². The quantitative estimate of drug-likeness (QED) is 0.250. The summed E-state index contributed by atoms with van der Waals surface area (Å²) in [6.45, 7) is 6.86. The first-order valence-electron chi connectivity index (χ1n) is 13.1. The molecule has 8 heteroatoms. The van der Waals surface area contributed by atoms with Crippen LogP contribution in [0.1, 0.15) is 27.0 Å². The van der Waals surface area contributed by atoms with Gasteiger partial charge in [0, 0.05) is 35.4 Å². The number of aromatic nitrogens is 3. The van der Waals surface area contributed by atoms with Gasteiger partial charge in [0.1, 0.15) is 17.9 Å². The minimum Gasteiger partial charge on any atom is -0.492 e. The normalized spacial score (nSPS) is 10.9. The smallest absolute Gasteiger partial charge is 0.277 e. The maximum absolute atomic E-state index is 13.4. The fourth-order valence-electron chi connectivity index (χ4n) is 4.46. The Kier molecular flexibility index (Phi) is 7.59. The maximum atomic E-state index is 13.4. The Morgan fingerprint density at radius 2 is 1.75 bits per heavy atom. The molecule has 2 N–H and O–H groups in total. The first-order chi connectivity index (χ1) is 19.3. The highest BCUT2D eigenvalue weighted by Gasteiger charge is 2.14. The second kappa shape index (κ2) is 11.4. The van der Waals surface area contributed by atoms with Crippen LogP contribution in [0.15, 0.2) is 83.8 Å². The summed E-state index contributed by atoms with van der Waals surface area (Å²) < 4.78 is 7.32. The van der Waals surface area contributed by atoms with Gasteiger partial charge in [0.2, 0.25) is 5.95 Å². The van der Waals surface area contributed by atoms with E-state index in [9.17, 15) is 9.59 Å². The summed E-state index contributed by atoms with van der Waals surface area (Å²) in [6.07, 6.45) is 1.65. The molecule has 5 aromatic rings. The third-order valence-corrected chi connectivity index (χ3v) is 6.70. The zero-order chi connectivity index (χ0) is 28.2. The van der Waals surface area contributed by atoms with Gasteiger partial charge in [-0.05, 0) is 68.8 Å². The van der Waals surface area contributed by atoms with Crippen molar-refractivity contribution in [2.75, 3.05) is 23.8 Å². The van der Waals surface area contributed by atoms with E-state index in [-0.39, 0.29) is 11.5 Å². The fraction of sp³-hybridized carbons (Fsp3) is 0.188. The van der Waals surface area contributed by atoms with Crippen molar-refractivity contribution in [2.45, 2.75) is 20.8 Å². The lowest BCUT2D eigenvalue weighted by Gasteiger charge is -2.15. The molecule has 0 atom stereocenters. The van der Waals surface area contributed by atoms with E-state index in [0.717, 1.165) is 22.4 Å². The summed E-state index contributed by atoms with van der Waals surface area (Å²) in [6, 6.07) is 22.9. The number of nitrogens with zero attached hydrogens (tertiary/aromatic N) is 3. The Bertz CT molecular complexity index is 1760. The molecule has 40 heavy (non-hydrogen) atoms. The molecule has 0 aliphatic carbocycles. The van der Waals surface area contributed by atoms with Crippen LogP contribution >= 0.6 is 0 Å². The number of anilines is 2. The zero-order valence-electron chi connectivity index (χ0n) is 23.0. The molecule has 2 aromatic heterocycles. The monoisotopic (exact) mass is 533 g/mol. The molecule has 0 unspecified atom stereocenters. The highest BCUT2D eigenvalue weighted by Crippen LogP contribution is 2.28. The van der Waals surface area contributed by atoms with Crippen LogP contribution in [-0.2, 0) is 7.05 Å². The van der Waals surface area contributed by atoms with Gasteiger partial charge in [-0.25, -0.2) is 9.97 Å². The highest BCUT2D eigenvalue weighted by atomic mass is 16.5. The molecular formula is C32H31N5O3. The lowest BCUT2D eigenvalue weighted by molar-refractivity contribution is 0.102. The molecule has 3 aromatic carbocycles. The number of hydrogen-bond acceptors (Lipinski definition) is 6. The summed E-state index contributed by atoms with van der Waals surface area (Å²) in [5.74, 6) is 0.966. The minimum atomic E-state index is -0.234. The number of nitrogens with one attached hydrogen (secondary N) is 2. The number of ether oxygens (including phenoxy) is 1. The Hall–Kier alpha value is -4.98. The summed E-state index contributed by atoms with van der Waals surface area (Å²) in [5, 5.41) is 6.73. The molecule has 2 heterocycles. The first kappa shape index (κ1) is 26.6. The Balaban J connectivity index is 1.35. The largest absolute Gasteiger partial charge is 0.492 e. The average molecular weight is 534 g/mol. The average Bonchev–Trinajstić information content (AvgIpc) is 2.95. The third kappa shape index (κ3) is 5.86. The van der Waals surface area contributed by atoms with Crippen molar-refractivity contribution < 1.29 is 9.53 Å². The Morgan fingerprint density at radius 3 is 2.52 bits per heavy atom. The molecule has 5 rings (SSSR count). The lowest BCUT2D eigenvalue weighted by atomic mass is 10.0. The Labute approximate surface area is 232 Å². The van der Waals surface area contributed by atoms with E-state index < -0.39 is 0 Å². The summed E-state index contributed by atoms with van der Waals surface area (Å²) >= 11 is 0. The van der Waals surface area contributed by atoms with Crippen molar-refractivity contribution in [3.63, 3.8) is 0 Å². The van der Waals surface area contributed by atoms with E-state index in [1.165, 1.54) is 5.56 Å². The predicted molar refractivity (Wildman–Crippen MR) is 159 cm³/mol. The van der Waals surface area contributed by atoms with E-state index >= 15 is 0 Å². The SMILES string of the molecule is Cc1ccc(OCCNc2ncc3cc(-c4cc(NC(=O)c5cccc(C)c5)ccc4C)n(C)c(=O)c3n2)cc1. The molecule has 0 aliphatic heterocycles. The molecule has 0 bridgehead atoms. The van der Waals surface area contributed by atoms with E-state index in [2.05, 4.69) is 20.6 Å². The number of carbonyl (C=O) groups is 1. The third-order valence-electron chi connectivity index (χ3n) is 6.70. The van der Waals surface area contributed by atoms with Crippen molar-refractivity contribution in [1.29, 1.82) is 0 Å². The molecule has 0 spiro atoms. The van der Waals surface area contributed by atoms with Crippen molar-refractivity contribution in [1.82, 2.24) is 14.5 Å². The summed E-state index contributed by atoms with van der Waals surface area (Å²) in [5.41, 5.74) is 6.01. The van der Waals surface area contributed by atoms with Gasteiger partial charge >= 0.3 is 0 Å². The molecule has 0 fully saturated rings. The molecule has 0 saturated carbocycles. The van der Waals surface area contributed by atoms with E-state index in [4.69, 9.17) is 4.74 Å². The summed E-state index contributed by atoms with van der Waals surface area (Å²) in [7, 11) is 1.72. The number of amides is 1. The minimum absolute atomic E-state index is 0.191. The van der Waals surface area contributed by atoms with Crippen LogP contribution in [0, 0.1) is 20.8 Å². The maximum Gasteiger partial charge on any atom is 0.277 e. The van der Waals surface area contributed by atoms with Gasteiger partial charge in [0.25, 0.3) is 11.5 Å². The van der Waals surface area contributed by atoms with Crippen molar-refractivity contribution in [3.05, 3.63) is 112 Å². The van der Waals surface area contributed by atoms with Gasteiger partial charge in [-0.3, -0.25) is 9.59 Å². The molecule has 0 aliphatic rings. The molecule has 8 nitrogen and oxygen atoms in total. The number of pyridine rings is 1. The van der Waals surface area contributed by atoms with Crippen molar-refractivity contribution >= 4 is 28.4 Å². The van der Waals surface area contributed by atoms with Gasteiger partial charge in [-0.1, -0.05) is 41.5 Å². The van der Waals surface area contributed by atoms with Gasteiger partial charge < -0.3 is 19.9 Å². The zero-order valence-corrected chi connectivity index (χ0v) is 23.0. The van der Waals surface area contributed by atoms with Crippen LogP contribution < -0.4 is 20.9 Å². The van der Waals surface area contributed by atoms with Crippen LogP contribution in [0.2, 0.25) is 0 Å². The van der Waals surface area contributed by atoms with Crippen molar-refractivity contribution in [2.24, 2.45) is 7.05 Å². The van der Waals surface area contributed by atoms with Gasteiger partial charge in [0.05, 0.1) is 12.2 Å². The van der Waals surface area contributed by atoms with E-state index in [1.54, 1.807) is 23.9 Å². The van der Waals surface area contributed by atoms with E-state index in [1.807, 2.05) is 87.5 Å². The number of benzene rings is 3. The van der Waals surface area contributed by atoms with Crippen LogP contribution in [0.25, 0.3) is 22.2 Å². The van der Waals surface area contributed by atoms with Crippen LogP contribution in [0.3, 0.4) is 0 Å². The lowest BCUT2D eigenvalue weighted by Crippen LogP contribution is -2.21. The number of aryl methyl sites for hydroxylation is 3. The number of hydrogen-bond donors (Lipinski definition) is 2. The summed E-state index contributed by atoms with van der Waals surface area (Å²) in [4.78, 5) is 35.1. The molecule has 1 amide bonds. The van der Waals surface area contributed by atoms with Crippen LogP contribution in [-0.4, -0.2) is 33.6 Å². The highest BCUT2D eigenvalue weighted by molar-refractivity contribution is 6.04. The van der Waals surface area contributed by atoms with Crippen molar-refractivity contribution in [3.8, 4) is 17.0 Å². The fourth-order valence-corrected chi connectivity index (χ4v) is 4.46. The standard InChI is InChI=1S/C32H31N5O3/c1-20-8-12-26(13-9-20)40-15-14-33-32-34-19-24-17-28(37(4)31(39)29(24)36-32)27-18-25(11-10-22(27)3)35-30(38)23-7-5-6-21(2)16-23/h5-13,16-19H,14-15H2,1-4H3,(H,35,38)(H,33,34,36). The molecule has 202 valence electrons. The topological polar surface area (TPSA) is 98.1 Å². The number of rotatable bonds is 8. The second-order valence-electron chi connectivity index (χ2n) is 9.83. The molecular weight excluding hydrogens is 502 g/mol. The number of fused-ring (bicyclic) bond motifs is 1. The first-order valence-corrected chi connectivity index (χ1v) is 13.1. The van der Waals surface area contributed by atoms with Crippen LogP contribution in [0.5, 0.6) is 5.75 Å². The van der Waals surface area contributed by atoms with Gasteiger partial charge in [0.15, 0.2) is 0 Å². The molecule has 0 radical (unpaired) electrons. The van der Waals surface area contributed by atoms with Crippen LogP contribution in [0.4, 0.5) is 11.6 Å². The molecule has 0 saturated heterocycles. The van der Waals surface area contributed by atoms with Gasteiger partial charge in [-0.15, -0.1) is 0 Å².